The minimum absolute atomic E-state index is 0.0359. The number of anilines is 1. The maximum absolute atomic E-state index is 12.9. The van der Waals surface area contributed by atoms with Crippen molar-refractivity contribution in [2.24, 2.45) is 5.92 Å². The summed E-state index contributed by atoms with van der Waals surface area (Å²) in [5, 5.41) is 5.88. The lowest BCUT2D eigenvalue weighted by Crippen LogP contribution is -2.41. The Bertz CT molecular complexity index is 1220. The number of amides is 3. The Hall–Kier alpha value is -4.07. The monoisotopic (exact) mass is 469 g/mol. The van der Waals surface area contributed by atoms with Crippen molar-refractivity contribution in [2.75, 3.05) is 18.4 Å². The molecule has 2 aliphatic heterocycles. The Morgan fingerprint density at radius 1 is 1.06 bits per heavy atom. The van der Waals surface area contributed by atoms with Gasteiger partial charge in [0.05, 0.1) is 12.3 Å². The van der Waals surface area contributed by atoms with Crippen LogP contribution in [0.2, 0.25) is 0 Å². The highest BCUT2D eigenvalue weighted by Gasteiger charge is 2.39. The molecule has 5 rings (SSSR count). The second kappa shape index (κ2) is 10.0. The van der Waals surface area contributed by atoms with Gasteiger partial charge in [-0.3, -0.25) is 24.4 Å². The topological polar surface area (TPSA) is 104 Å². The van der Waals surface area contributed by atoms with E-state index in [-0.39, 0.29) is 36.0 Å². The minimum atomic E-state index is -0.316. The van der Waals surface area contributed by atoms with E-state index in [0.717, 1.165) is 35.3 Å². The predicted molar refractivity (Wildman–Crippen MR) is 130 cm³/mol. The third-order valence-corrected chi connectivity index (χ3v) is 6.79. The highest BCUT2D eigenvalue weighted by atomic mass is 16.2. The van der Waals surface area contributed by atoms with Crippen LogP contribution in [0.15, 0.2) is 67.1 Å². The van der Waals surface area contributed by atoms with E-state index in [1.54, 1.807) is 30.7 Å². The molecule has 1 fully saturated rings. The van der Waals surface area contributed by atoms with Gasteiger partial charge in [0.1, 0.15) is 0 Å². The van der Waals surface area contributed by atoms with Crippen LogP contribution in [0, 0.1) is 5.92 Å². The van der Waals surface area contributed by atoms with E-state index in [2.05, 4.69) is 20.6 Å². The van der Waals surface area contributed by atoms with Gasteiger partial charge >= 0.3 is 0 Å². The third-order valence-electron chi connectivity index (χ3n) is 6.79. The lowest BCUT2D eigenvalue weighted by molar-refractivity contribution is -0.132. The van der Waals surface area contributed by atoms with Gasteiger partial charge in [0, 0.05) is 55.2 Å². The summed E-state index contributed by atoms with van der Waals surface area (Å²) in [4.78, 5) is 48.5. The highest BCUT2D eigenvalue weighted by Crippen LogP contribution is 2.41. The molecule has 4 heterocycles. The molecule has 0 saturated carbocycles. The Labute approximate surface area is 203 Å². The number of fused-ring (bicyclic) bond motifs is 1. The van der Waals surface area contributed by atoms with E-state index in [0.29, 0.717) is 25.2 Å². The summed E-state index contributed by atoms with van der Waals surface area (Å²) < 4.78 is 0. The summed E-state index contributed by atoms with van der Waals surface area (Å²) in [6, 6.07) is 14.7. The van der Waals surface area contributed by atoms with Gasteiger partial charge in [0.25, 0.3) is 5.91 Å². The van der Waals surface area contributed by atoms with E-state index < -0.39 is 0 Å². The van der Waals surface area contributed by atoms with Gasteiger partial charge in [-0.15, -0.1) is 0 Å². The fourth-order valence-electron chi connectivity index (χ4n) is 4.93. The molecule has 35 heavy (non-hydrogen) atoms. The zero-order chi connectivity index (χ0) is 24.2. The van der Waals surface area contributed by atoms with Crippen molar-refractivity contribution in [2.45, 2.75) is 31.7 Å². The molecule has 1 saturated heterocycles. The Morgan fingerprint density at radius 3 is 2.66 bits per heavy atom. The third kappa shape index (κ3) is 5.06. The summed E-state index contributed by atoms with van der Waals surface area (Å²) in [5.74, 6) is -0.366. The molecule has 1 aromatic carbocycles. The maximum Gasteiger partial charge on any atom is 0.251 e. The van der Waals surface area contributed by atoms with Crippen LogP contribution in [0.5, 0.6) is 0 Å². The zero-order valence-corrected chi connectivity index (χ0v) is 19.3. The number of carbonyl (C=O) groups excluding carboxylic acids is 3. The molecular weight excluding hydrogens is 442 g/mol. The molecule has 3 amide bonds. The van der Waals surface area contributed by atoms with Gasteiger partial charge < -0.3 is 15.5 Å². The van der Waals surface area contributed by atoms with E-state index in [1.165, 1.54) is 0 Å². The number of piperidine rings is 1. The van der Waals surface area contributed by atoms with Gasteiger partial charge in [-0.2, -0.15) is 0 Å². The van der Waals surface area contributed by atoms with Crippen LogP contribution >= 0.6 is 0 Å². The standard InChI is InChI=1S/C27H27N5O3/c33-24(15-21-5-1-2-11-29-21)32-12-8-19(9-13-32)25-22-14-20(6-7-23(22)31-27(25)35)26(34)30-17-18-4-3-10-28-16-18/h1-7,10-11,14,16,19,25H,8-9,12-13,15,17H2,(H,30,34)(H,31,35). The summed E-state index contributed by atoms with van der Waals surface area (Å²) in [7, 11) is 0. The van der Waals surface area contributed by atoms with Gasteiger partial charge in [0.15, 0.2) is 0 Å². The van der Waals surface area contributed by atoms with Crippen molar-refractivity contribution < 1.29 is 14.4 Å². The molecule has 1 unspecified atom stereocenters. The number of rotatable bonds is 6. The van der Waals surface area contributed by atoms with Crippen LogP contribution in [0.25, 0.3) is 0 Å². The fourth-order valence-corrected chi connectivity index (χ4v) is 4.93. The molecule has 0 bridgehead atoms. The number of carbonyl (C=O) groups is 3. The molecule has 2 N–H and O–H groups in total. The van der Waals surface area contributed by atoms with Crippen molar-refractivity contribution in [3.8, 4) is 0 Å². The van der Waals surface area contributed by atoms with Crippen molar-refractivity contribution in [3.63, 3.8) is 0 Å². The number of hydrogen-bond donors (Lipinski definition) is 2. The second-order valence-electron chi connectivity index (χ2n) is 9.03. The van der Waals surface area contributed by atoms with Crippen LogP contribution in [0.3, 0.4) is 0 Å². The largest absolute Gasteiger partial charge is 0.348 e. The average Bonchev–Trinajstić information content (AvgIpc) is 3.23. The summed E-state index contributed by atoms with van der Waals surface area (Å²) in [6.45, 7) is 1.61. The predicted octanol–water partition coefficient (Wildman–Crippen LogP) is 2.92. The number of benzene rings is 1. The van der Waals surface area contributed by atoms with E-state index >= 15 is 0 Å². The number of hydrogen-bond acceptors (Lipinski definition) is 5. The van der Waals surface area contributed by atoms with Crippen molar-refractivity contribution in [1.29, 1.82) is 0 Å². The number of aromatic nitrogens is 2. The maximum atomic E-state index is 12.9. The van der Waals surface area contributed by atoms with Crippen LogP contribution in [0.4, 0.5) is 5.69 Å². The first-order valence-corrected chi connectivity index (χ1v) is 11.9. The lowest BCUT2D eigenvalue weighted by Gasteiger charge is -2.34. The van der Waals surface area contributed by atoms with E-state index in [4.69, 9.17) is 0 Å². The first kappa shape index (κ1) is 22.7. The van der Waals surface area contributed by atoms with Crippen LogP contribution in [-0.2, 0) is 22.6 Å². The number of likely N-dealkylation sites (tertiary alicyclic amines) is 1. The molecule has 3 aromatic rings. The molecular formula is C27H27N5O3. The molecule has 2 aromatic heterocycles. The first-order chi connectivity index (χ1) is 17.1. The van der Waals surface area contributed by atoms with Gasteiger partial charge in [-0.05, 0) is 66.3 Å². The van der Waals surface area contributed by atoms with E-state index in [9.17, 15) is 14.4 Å². The molecule has 0 aliphatic carbocycles. The van der Waals surface area contributed by atoms with Crippen molar-refractivity contribution in [3.05, 3.63) is 89.5 Å². The number of nitrogens with zero attached hydrogens (tertiary/aromatic N) is 3. The average molecular weight is 470 g/mol. The highest BCUT2D eigenvalue weighted by molar-refractivity contribution is 6.04. The number of pyridine rings is 2. The zero-order valence-electron chi connectivity index (χ0n) is 19.3. The van der Waals surface area contributed by atoms with Gasteiger partial charge in [-0.25, -0.2) is 0 Å². The number of nitrogens with one attached hydrogen (secondary N) is 2. The molecule has 178 valence electrons. The fraction of sp³-hybridized carbons (Fsp3) is 0.296. The van der Waals surface area contributed by atoms with Crippen LogP contribution < -0.4 is 10.6 Å². The minimum Gasteiger partial charge on any atom is -0.348 e. The Balaban J connectivity index is 1.23. The van der Waals surface area contributed by atoms with Crippen LogP contribution in [-0.4, -0.2) is 45.7 Å². The van der Waals surface area contributed by atoms with Gasteiger partial charge in [0.2, 0.25) is 11.8 Å². The molecule has 2 aliphatic rings. The van der Waals surface area contributed by atoms with Crippen LogP contribution in [0.1, 0.15) is 45.9 Å². The summed E-state index contributed by atoms with van der Waals surface area (Å²) in [6.07, 6.45) is 6.87. The smallest absolute Gasteiger partial charge is 0.251 e. The Morgan fingerprint density at radius 2 is 1.91 bits per heavy atom. The molecule has 8 heteroatoms. The molecule has 0 radical (unpaired) electrons. The summed E-state index contributed by atoms with van der Waals surface area (Å²) in [5.41, 5.74) is 3.83. The second-order valence-corrected chi connectivity index (χ2v) is 9.03. The molecule has 1 atom stereocenters. The summed E-state index contributed by atoms with van der Waals surface area (Å²) >= 11 is 0. The first-order valence-electron chi connectivity index (χ1n) is 11.9. The van der Waals surface area contributed by atoms with Crippen molar-refractivity contribution in [1.82, 2.24) is 20.2 Å². The normalized spacial score (nSPS) is 17.5. The molecule has 8 nitrogen and oxygen atoms in total. The Kier molecular flexibility index (Phi) is 6.52. The van der Waals surface area contributed by atoms with E-state index in [1.807, 2.05) is 41.3 Å². The van der Waals surface area contributed by atoms with Crippen molar-refractivity contribution >= 4 is 23.4 Å². The SMILES string of the molecule is O=C(NCc1cccnc1)c1ccc2c(c1)C(C1CCN(C(=O)Cc3ccccn3)CC1)C(=O)N2. The lowest BCUT2D eigenvalue weighted by atomic mass is 9.80. The molecule has 0 spiro atoms. The quantitative estimate of drug-likeness (QED) is 0.578. The van der Waals surface area contributed by atoms with Gasteiger partial charge in [-0.1, -0.05) is 12.1 Å².